The molecule has 0 saturated carbocycles. The SMILES string of the molecule is CNC(C)Cc1ncccc1C. The first-order valence-corrected chi connectivity index (χ1v) is 4.31. The maximum Gasteiger partial charge on any atom is 0.0448 e. The zero-order valence-corrected chi connectivity index (χ0v) is 7.96. The molecule has 0 aliphatic heterocycles. The minimum atomic E-state index is 0.499. The highest BCUT2D eigenvalue weighted by molar-refractivity contribution is 5.18. The van der Waals surface area contributed by atoms with Crippen LogP contribution in [0, 0.1) is 6.92 Å². The Bertz CT molecular complexity index is 245. The van der Waals surface area contributed by atoms with Crippen molar-refractivity contribution in [3.8, 4) is 0 Å². The van der Waals surface area contributed by atoms with E-state index >= 15 is 0 Å². The monoisotopic (exact) mass is 164 g/mol. The second-order valence-electron chi connectivity index (χ2n) is 3.16. The third kappa shape index (κ3) is 2.31. The molecule has 0 fully saturated rings. The van der Waals surface area contributed by atoms with E-state index in [9.17, 15) is 0 Å². The van der Waals surface area contributed by atoms with E-state index in [1.807, 2.05) is 19.3 Å². The van der Waals surface area contributed by atoms with Gasteiger partial charge in [-0.2, -0.15) is 0 Å². The molecule has 1 heterocycles. The van der Waals surface area contributed by atoms with Gasteiger partial charge in [0.15, 0.2) is 0 Å². The van der Waals surface area contributed by atoms with Gasteiger partial charge in [0, 0.05) is 24.4 Å². The van der Waals surface area contributed by atoms with Gasteiger partial charge < -0.3 is 5.32 Å². The number of hydrogen-bond donors (Lipinski definition) is 1. The molecule has 0 amide bonds. The molecular formula is C10H16N2. The van der Waals surface area contributed by atoms with Crippen LogP contribution in [0.4, 0.5) is 0 Å². The van der Waals surface area contributed by atoms with Crippen LogP contribution in [0.2, 0.25) is 0 Å². The van der Waals surface area contributed by atoms with Gasteiger partial charge >= 0.3 is 0 Å². The summed E-state index contributed by atoms with van der Waals surface area (Å²) in [6.45, 7) is 4.26. The van der Waals surface area contributed by atoms with E-state index in [1.54, 1.807) is 0 Å². The minimum Gasteiger partial charge on any atom is -0.317 e. The van der Waals surface area contributed by atoms with Crippen LogP contribution in [0.25, 0.3) is 0 Å². The molecule has 12 heavy (non-hydrogen) atoms. The second kappa shape index (κ2) is 4.21. The van der Waals surface area contributed by atoms with Gasteiger partial charge in [-0.15, -0.1) is 0 Å². The maximum atomic E-state index is 4.33. The smallest absolute Gasteiger partial charge is 0.0448 e. The number of nitrogens with zero attached hydrogens (tertiary/aromatic N) is 1. The summed E-state index contributed by atoms with van der Waals surface area (Å²) in [5.74, 6) is 0. The summed E-state index contributed by atoms with van der Waals surface area (Å²) < 4.78 is 0. The summed E-state index contributed by atoms with van der Waals surface area (Å²) >= 11 is 0. The Morgan fingerprint density at radius 1 is 1.58 bits per heavy atom. The van der Waals surface area contributed by atoms with Crippen LogP contribution in [0.5, 0.6) is 0 Å². The lowest BCUT2D eigenvalue weighted by atomic mass is 10.1. The normalized spacial score (nSPS) is 12.9. The van der Waals surface area contributed by atoms with Crippen molar-refractivity contribution in [2.24, 2.45) is 0 Å². The Balaban J connectivity index is 2.69. The predicted octanol–water partition coefficient (Wildman–Crippen LogP) is 1.54. The fraction of sp³-hybridized carbons (Fsp3) is 0.500. The standard InChI is InChI=1S/C10H16N2/c1-8-5-4-6-12-10(8)7-9(2)11-3/h4-6,9,11H,7H2,1-3H3. The molecule has 1 atom stereocenters. The Hall–Kier alpha value is -0.890. The summed E-state index contributed by atoms with van der Waals surface area (Å²) in [5.41, 5.74) is 2.47. The van der Waals surface area contributed by atoms with Crippen molar-refractivity contribution in [1.29, 1.82) is 0 Å². The molecule has 2 nitrogen and oxygen atoms in total. The average Bonchev–Trinajstić information content (AvgIpc) is 2.09. The van der Waals surface area contributed by atoms with E-state index in [1.165, 1.54) is 11.3 Å². The molecule has 0 bridgehead atoms. The van der Waals surface area contributed by atoms with Crippen LogP contribution in [-0.4, -0.2) is 18.1 Å². The molecule has 0 aromatic carbocycles. The molecule has 1 aromatic heterocycles. The van der Waals surface area contributed by atoms with Crippen molar-refractivity contribution in [3.63, 3.8) is 0 Å². The highest BCUT2D eigenvalue weighted by atomic mass is 14.9. The van der Waals surface area contributed by atoms with Crippen molar-refractivity contribution in [1.82, 2.24) is 10.3 Å². The number of likely N-dealkylation sites (N-methyl/N-ethyl adjacent to an activating group) is 1. The van der Waals surface area contributed by atoms with Crippen LogP contribution in [0.3, 0.4) is 0 Å². The fourth-order valence-corrected chi connectivity index (χ4v) is 1.12. The Kier molecular flexibility index (Phi) is 3.23. The third-order valence-electron chi connectivity index (χ3n) is 2.11. The van der Waals surface area contributed by atoms with E-state index in [0.29, 0.717) is 6.04 Å². The van der Waals surface area contributed by atoms with Gasteiger partial charge in [0.25, 0.3) is 0 Å². The average molecular weight is 164 g/mol. The molecule has 0 radical (unpaired) electrons. The fourth-order valence-electron chi connectivity index (χ4n) is 1.12. The summed E-state index contributed by atoms with van der Waals surface area (Å²) in [6, 6.07) is 4.58. The van der Waals surface area contributed by atoms with Crippen molar-refractivity contribution >= 4 is 0 Å². The number of nitrogens with one attached hydrogen (secondary N) is 1. The van der Waals surface area contributed by atoms with Crippen LogP contribution >= 0.6 is 0 Å². The molecule has 1 N–H and O–H groups in total. The maximum absolute atomic E-state index is 4.33. The highest BCUT2D eigenvalue weighted by Gasteiger charge is 2.03. The molecule has 0 saturated heterocycles. The van der Waals surface area contributed by atoms with Crippen molar-refractivity contribution in [2.75, 3.05) is 7.05 Å². The van der Waals surface area contributed by atoms with Crippen molar-refractivity contribution in [2.45, 2.75) is 26.3 Å². The first-order chi connectivity index (χ1) is 5.74. The molecule has 0 aliphatic carbocycles. The molecule has 0 spiro atoms. The number of aryl methyl sites for hydroxylation is 1. The van der Waals surface area contributed by atoms with E-state index in [4.69, 9.17) is 0 Å². The van der Waals surface area contributed by atoms with E-state index < -0.39 is 0 Å². The predicted molar refractivity (Wildman–Crippen MR) is 51.2 cm³/mol. The van der Waals surface area contributed by atoms with Crippen LogP contribution in [-0.2, 0) is 6.42 Å². The topological polar surface area (TPSA) is 24.9 Å². The first-order valence-electron chi connectivity index (χ1n) is 4.31. The zero-order chi connectivity index (χ0) is 8.97. The molecular weight excluding hydrogens is 148 g/mol. The lowest BCUT2D eigenvalue weighted by Gasteiger charge is -2.10. The Labute approximate surface area is 74.0 Å². The summed E-state index contributed by atoms with van der Waals surface area (Å²) in [5, 5.41) is 3.20. The lowest BCUT2D eigenvalue weighted by molar-refractivity contribution is 0.599. The van der Waals surface area contributed by atoms with E-state index in [2.05, 4.69) is 30.2 Å². The van der Waals surface area contributed by atoms with E-state index in [0.717, 1.165) is 6.42 Å². The first kappa shape index (κ1) is 9.20. The highest BCUT2D eigenvalue weighted by Crippen LogP contribution is 2.05. The molecule has 1 unspecified atom stereocenters. The lowest BCUT2D eigenvalue weighted by Crippen LogP contribution is -2.24. The number of rotatable bonds is 3. The number of hydrogen-bond acceptors (Lipinski definition) is 2. The zero-order valence-electron chi connectivity index (χ0n) is 7.96. The molecule has 1 rings (SSSR count). The second-order valence-corrected chi connectivity index (χ2v) is 3.16. The van der Waals surface area contributed by atoms with Crippen LogP contribution < -0.4 is 5.32 Å². The number of pyridine rings is 1. The van der Waals surface area contributed by atoms with Crippen molar-refractivity contribution < 1.29 is 0 Å². The number of aromatic nitrogens is 1. The van der Waals surface area contributed by atoms with Gasteiger partial charge in [0.2, 0.25) is 0 Å². The Morgan fingerprint density at radius 3 is 2.92 bits per heavy atom. The van der Waals surface area contributed by atoms with Crippen LogP contribution in [0.15, 0.2) is 18.3 Å². The van der Waals surface area contributed by atoms with Gasteiger partial charge in [-0.25, -0.2) is 0 Å². The molecule has 66 valence electrons. The largest absolute Gasteiger partial charge is 0.317 e. The van der Waals surface area contributed by atoms with Gasteiger partial charge in [0.05, 0.1) is 0 Å². The van der Waals surface area contributed by atoms with Gasteiger partial charge in [0.1, 0.15) is 0 Å². The van der Waals surface area contributed by atoms with Crippen LogP contribution in [0.1, 0.15) is 18.2 Å². The summed E-state index contributed by atoms with van der Waals surface area (Å²) in [7, 11) is 1.98. The van der Waals surface area contributed by atoms with Gasteiger partial charge in [-0.05, 0) is 32.5 Å². The molecule has 2 heteroatoms. The minimum absolute atomic E-state index is 0.499. The van der Waals surface area contributed by atoms with Gasteiger partial charge in [-0.1, -0.05) is 6.07 Å². The quantitative estimate of drug-likeness (QED) is 0.733. The molecule has 1 aromatic rings. The Morgan fingerprint density at radius 2 is 2.33 bits per heavy atom. The third-order valence-corrected chi connectivity index (χ3v) is 2.11. The molecule has 0 aliphatic rings. The van der Waals surface area contributed by atoms with Crippen molar-refractivity contribution in [3.05, 3.63) is 29.6 Å². The summed E-state index contributed by atoms with van der Waals surface area (Å²) in [6.07, 6.45) is 2.86. The van der Waals surface area contributed by atoms with Gasteiger partial charge in [-0.3, -0.25) is 4.98 Å². The van der Waals surface area contributed by atoms with E-state index in [-0.39, 0.29) is 0 Å². The summed E-state index contributed by atoms with van der Waals surface area (Å²) in [4.78, 5) is 4.33.